The Kier molecular flexibility index (Phi) is 5.44. The van der Waals surface area contributed by atoms with Crippen molar-refractivity contribution in [3.05, 3.63) is 76.7 Å². The molecular formula is C23H23NO2S. The van der Waals surface area contributed by atoms with Crippen molar-refractivity contribution in [3.8, 4) is 0 Å². The number of carbonyl (C=O) groups excluding carboxylic acids is 2. The maximum absolute atomic E-state index is 13.3. The summed E-state index contributed by atoms with van der Waals surface area (Å²) in [5, 5.41) is 0. The molecule has 0 N–H and O–H groups in total. The average molecular weight is 378 g/mol. The summed E-state index contributed by atoms with van der Waals surface area (Å²) in [7, 11) is 0. The van der Waals surface area contributed by atoms with Crippen LogP contribution in [0.5, 0.6) is 0 Å². The van der Waals surface area contributed by atoms with Crippen molar-refractivity contribution >= 4 is 29.1 Å². The molecule has 4 heteroatoms. The van der Waals surface area contributed by atoms with E-state index in [9.17, 15) is 9.59 Å². The molecule has 0 atom stereocenters. The minimum absolute atomic E-state index is 0.0484. The largest absolute Gasteiger partial charge is 0.271 e. The van der Waals surface area contributed by atoms with Gasteiger partial charge in [-0.05, 0) is 24.0 Å². The van der Waals surface area contributed by atoms with E-state index in [-0.39, 0.29) is 17.9 Å². The normalized spacial score (nSPS) is 18.4. The van der Waals surface area contributed by atoms with E-state index in [1.807, 2.05) is 48.5 Å². The second kappa shape index (κ2) is 8.13. The first-order valence-corrected chi connectivity index (χ1v) is 10.6. The molecule has 2 aromatic rings. The summed E-state index contributed by atoms with van der Waals surface area (Å²) in [4.78, 5) is 28.7. The van der Waals surface area contributed by atoms with Crippen LogP contribution in [-0.2, 0) is 15.3 Å². The summed E-state index contributed by atoms with van der Waals surface area (Å²) in [6.07, 6.45) is 5.23. The van der Waals surface area contributed by atoms with Crippen LogP contribution in [-0.4, -0.2) is 22.8 Å². The average Bonchev–Trinajstić information content (AvgIpc) is 2.98. The maximum Gasteiger partial charge on any atom is 0.268 e. The highest BCUT2D eigenvalue weighted by Crippen LogP contribution is 2.40. The highest BCUT2D eigenvalue weighted by molar-refractivity contribution is 8.03. The van der Waals surface area contributed by atoms with Gasteiger partial charge in [-0.3, -0.25) is 14.5 Å². The van der Waals surface area contributed by atoms with Gasteiger partial charge in [0, 0.05) is 11.8 Å². The molecule has 4 rings (SSSR count). The highest BCUT2D eigenvalue weighted by Gasteiger charge is 2.42. The lowest BCUT2D eigenvalue weighted by atomic mass is 9.94. The van der Waals surface area contributed by atoms with Crippen molar-refractivity contribution in [2.45, 2.75) is 43.9 Å². The lowest BCUT2D eigenvalue weighted by Crippen LogP contribution is -2.42. The van der Waals surface area contributed by atoms with Crippen LogP contribution in [0.3, 0.4) is 0 Å². The summed E-state index contributed by atoms with van der Waals surface area (Å²) in [5.41, 5.74) is 2.57. The van der Waals surface area contributed by atoms with Crippen LogP contribution < -0.4 is 0 Å². The van der Waals surface area contributed by atoms with Gasteiger partial charge in [0.25, 0.3) is 11.8 Å². The molecule has 1 aliphatic carbocycles. The number of carbonyl (C=O) groups is 2. The maximum atomic E-state index is 13.3. The third-order valence-corrected chi connectivity index (χ3v) is 6.45. The number of hydrogen-bond donors (Lipinski definition) is 0. The summed E-state index contributed by atoms with van der Waals surface area (Å²) in [6.45, 7) is 0. The first-order valence-electron chi connectivity index (χ1n) is 9.60. The molecule has 0 saturated heterocycles. The fourth-order valence-electron chi connectivity index (χ4n) is 3.92. The molecule has 2 aromatic carbocycles. The van der Waals surface area contributed by atoms with Crippen LogP contribution >= 0.6 is 11.8 Å². The van der Waals surface area contributed by atoms with Gasteiger partial charge in [0.15, 0.2) is 0 Å². The number of hydrogen-bond acceptors (Lipinski definition) is 3. The van der Waals surface area contributed by atoms with Crippen molar-refractivity contribution in [1.29, 1.82) is 0 Å². The van der Waals surface area contributed by atoms with Gasteiger partial charge in [-0.1, -0.05) is 79.9 Å². The molecule has 1 heterocycles. The van der Waals surface area contributed by atoms with Crippen LogP contribution in [0.25, 0.3) is 5.57 Å². The molecule has 0 aromatic heterocycles. The zero-order valence-electron chi connectivity index (χ0n) is 15.3. The van der Waals surface area contributed by atoms with Crippen LogP contribution in [0.15, 0.2) is 65.6 Å². The van der Waals surface area contributed by atoms with Crippen molar-refractivity contribution in [3.63, 3.8) is 0 Å². The first-order chi connectivity index (χ1) is 13.3. The monoisotopic (exact) mass is 377 g/mol. The van der Waals surface area contributed by atoms with Gasteiger partial charge in [0.05, 0.1) is 10.5 Å². The molecule has 0 bridgehead atoms. The van der Waals surface area contributed by atoms with Crippen LogP contribution in [0.2, 0.25) is 0 Å². The third kappa shape index (κ3) is 3.72. The molecular weight excluding hydrogens is 354 g/mol. The minimum Gasteiger partial charge on any atom is -0.271 e. The van der Waals surface area contributed by atoms with Crippen LogP contribution in [0, 0.1) is 0 Å². The second-order valence-corrected chi connectivity index (χ2v) is 8.10. The van der Waals surface area contributed by atoms with Crippen molar-refractivity contribution in [1.82, 2.24) is 4.90 Å². The highest BCUT2D eigenvalue weighted by atomic mass is 32.2. The van der Waals surface area contributed by atoms with E-state index in [1.54, 1.807) is 4.90 Å². The van der Waals surface area contributed by atoms with Crippen LogP contribution in [0.1, 0.15) is 43.2 Å². The lowest BCUT2D eigenvalue weighted by Gasteiger charge is -2.29. The van der Waals surface area contributed by atoms with Crippen LogP contribution in [0.4, 0.5) is 0 Å². The Morgan fingerprint density at radius 3 is 2.11 bits per heavy atom. The number of rotatable bonds is 5. The van der Waals surface area contributed by atoms with Gasteiger partial charge >= 0.3 is 0 Å². The van der Waals surface area contributed by atoms with Gasteiger partial charge in [-0.15, -0.1) is 11.8 Å². The molecule has 2 amide bonds. The quantitative estimate of drug-likeness (QED) is 0.686. The molecule has 2 aliphatic rings. The van der Waals surface area contributed by atoms with E-state index in [1.165, 1.54) is 18.2 Å². The van der Waals surface area contributed by atoms with Gasteiger partial charge in [-0.2, -0.15) is 0 Å². The second-order valence-electron chi connectivity index (χ2n) is 7.12. The van der Waals surface area contributed by atoms with Gasteiger partial charge in [0.1, 0.15) is 0 Å². The summed E-state index contributed by atoms with van der Waals surface area (Å²) in [6, 6.07) is 19.8. The minimum atomic E-state index is -0.117. The van der Waals surface area contributed by atoms with Crippen molar-refractivity contribution in [2.75, 3.05) is 0 Å². The van der Waals surface area contributed by atoms with Gasteiger partial charge < -0.3 is 0 Å². The molecule has 0 unspecified atom stereocenters. The predicted octanol–water partition coefficient (Wildman–Crippen LogP) is 5.03. The predicted molar refractivity (Wildman–Crippen MR) is 110 cm³/mol. The number of nitrogens with zero attached hydrogens (tertiary/aromatic N) is 1. The smallest absolute Gasteiger partial charge is 0.268 e. The van der Waals surface area contributed by atoms with E-state index < -0.39 is 0 Å². The Labute approximate surface area is 164 Å². The molecule has 0 spiro atoms. The SMILES string of the molecule is O=C1C(SCc2ccccc2)=C(c2ccccc2)C(=O)N1C1CCCCC1. The van der Waals surface area contributed by atoms with Crippen molar-refractivity contribution < 1.29 is 9.59 Å². The number of amides is 2. The fourth-order valence-corrected chi connectivity index (χ4v) is 4.99. The Bertz CT molecular complexity index is 854. The van der Waals surface area contributed by atoms with Crippen molar-refractivity contribution in [2.24, 2.45) is 0 Å². The first kappa shape index (κ1) is 18.1. The fraction of sp³-hybridized carbons (Fsp3) is 0.304. The lowest BCUT2D eigenvalue weighted by molar-refractivity contribution is -0.139. The van der Waals surface area contributed by atoms with E-state index in [2.05, 4.69) is 12.1 Å². The van der Waals surface area contributed by atoms with Gasteiger partial charge in [0.2, 0.25) is 0 Å². The Morgan fingerprint density at radius 2 is 1.44 bits per heavy atom. The molecule has 1 saturated carbocycles. The standard InChI is InChI=1S/C23H23NO2S/c25-22-20(18-12-6-2-7-13-18)21(27-16-17-10-4-1-5-11-17)23(26)24(22)19-14-8-3-9-15-19/h1-2,4-7,10-13,19H,3,8-9,14-16H2. The van der Waals surface area contributed by atoms with E-state index >= 15 is 0 Å². The van der Waals surface area contributed by atoms with E-state index in [0.717, 1.165) is 36.8 Å². The third-order valence-electron chi connectivity index (χ3n) is 5.30. The van der Waals surface area contributed by atoms with E-state index in [4.69, 9.17) is 0 Å². The zero-order chi connectivity index (χ0) is 18.6. The summed E-state index contributed by atoms with van der Waals surface area (Å²) >= 11 is 1.49. The molecule has 1 fully saturated rings. The van der Waals surface area contributed by atoms with E-state index in [0.29, 0.717) is 16.2 Å². The molecule has 1 aliphatic heterocycles. The molecule has 3 nitrogen and oxygen atoms in total. The Hall–Kier alpha value is -2.33. The molecule has 138 valence electrons. The topological polar surface area (TPSA) is 37.4 Å². The number of benzene rings is 2. The molecule has 0 radical (unpaired) electrons. The zero-order valence-corrected chi connectivity index (χ0v) is 16.1. The van der Waals surface area contributed by atoms with Gasteiger partial charge in [-0.25, -0.2) is 0 Å². The Balaban J connectivity index is 1.66. The number of imide groups is 1. The Morgan fingerprint density at radius 1 is 0.815 bits per heavy atom. The molecule has 27 heavy (non-hydrogen) atoms. The summed E-state index contributed by atoms with van der Waals surface area (Å²) in [5.74, 6) is 0.463. The number of thioether (sulfide) groups is 1. The summed E-state index contributed by atoms with van der Waals surface area (Å²) < 4.78 is 0.